The summed E-state index contributed by atoms with van der Waals surface area (Å²) in [7, 11) is 0. The average molecular weight is 371 g/mol. The van der Waals surface area contributed by atoms with Crippen molar-refractivity contribution in [3.05, 3.63) is 56.9 Å². The van der Waals surface area contributed by atoms with Crippen LogP contribution >= 0.6 is 22.6 Å². The van der Waals surface area contributed by atoms with E-state index in [2.05, 4.69) is 5.32 Å². The van der Waals surface area contributed by atoms with Crippen molar-refractivity contribution >= 4 is 34.2 Å². The fraction of sp³-hybridized carbons (Fsp3) is 0.0714. The van der Waals surface area contributed by atoms with Crippen molar-refractivity contribution < 1.29 is 14.3 Å². The van der Waals surface area contributed by atoms with Crippen molar-refractivity contribution in [3.63, 3.8) is 0 Å². The van der Waals surface area contributed by atoms with E-state index < -0.39 is 5.91 Å². The molecule has 98 valence electrons. The molecule has 2 aromatic rings. The van der Waals surface area contributed by atoms with Crippen LogP contribution < -0.4 is 5.32 Å². The van der Waals surface area contributed by atoms with Crippen molar-refractivity contribution in [1.82, 2.24) is 0 Å². The summed E-state index contributed by atoms with van der Waals surface area (Å²) in [4.78, 5) is 12.0. The van der Waals surface area contributed by atoms with Crippen LogP contribution in [0.1, 0.15) is 15.9 Å². The van der Waals surface area contributed by atoms with E-state index in [1.54, 1.807) is 31.2 Å². The van der Waals surface area contributed by atoms with Gasteiger partial charge in [-0.25, -0.2) is 4.39 Å². The van der Waals surface area contributed by atoms with E-state index in [0.29, 0.717) is 11.3 Å². The summed E-state index contributed by atoms with van der Waals surface area (Å²) >= 11 is 2.05. The minimum Gasteiger partial charge on any atom is -0.507 e. The summed E-state index contributed by atoms with van der Waals surface area (Å²) in [5.41, 5.74) is 1.02. The smallest absolute Gasteiger partial charge is 0.259 e. The van der Waals surface area contributed by atoms with Gasteiger partial charge < -0.3 is 10.4 Å². The lowest BCUT2D eigenvalue weighted by atomic mass is 10.1. The van der Waals surface area contributed by atoms with Gasteiger partial charge in [-0.2, -0.15) is 0 Å². The van der Waals surface area contributed by atoms with Crippen LogP contribution in [-0.2, 0) is 0 Å². The predicted octanol–water partition coefficient (Wildman–Crippen LogP) is 3.70. The molecule has 0 saturated heterocycles. The molecular weight excluding hydrogens is 360 g/mol. The van der Waals surface area contributed by atoms with Crippen LogP contribution in [0.2, 0.25) is 0 Å². The number of aromatic hydroxyl groups is 1. The number of halogens is 2. The molecule has 0 aliphatic carbocycles. The zero-order valence-electron chi connectivity index (χ0n) is 10.1. The molecule has 2 aromatic carbocycles. The summed E-state index contributed by atoms with van der Waals surface area (Å²) in [5.74, 6) is -0.963. The topological polar surface area (TPSA) is 49.3 Å². The van der Waals surface area contributed by atoms with Gasteiger partial charge in [0.25, 0.3) is 5.91 Å². The first kappa shape index (κ1) is 13.8. The van der Waals surface area contributed by atoms with Crippen molar-refractivity contribution in [2.24, 2.45) is 0 Å². The van der Waals surface area contributed by atoms with Gasteiger partial charge in [-0.1, -0.05) is 6.07 Å². The van der Waals surface area contributed by atoms with Gasteiger partial charge in [0, 0.05) is 9.26 Å². The molecule has 2 N–H and O–H groups in total. The first-order valence-electron chi connectivity index (χ1n) is 5.53. The molecule has 0 bridgehead atoms. The predicted molar refractivity (Wildman–Crippen MR) is 79.9 cm³/mol. The van der Waals surface area contributed by atoms with Gasteiger partial charge >= 0.3 is 0 Å². The minimum atomic E-state index is -0.473. The van der Waals surface area contributed by atoms with Gasteiger partial charge in [-0.3, -0.25) is 4.79 Å². The Kier molecular flexibility index (Phi) is 4.04. The Hall–Kier alpha value is -1.63. The molecule has 19 heavy (non-hydrogen) atoms. The number of benzene rings is 2. The van der Waals surface area contributed by atoms with Crippen LogP contribution in [0, 0.1) is 16.3 Å². The highest BCUT2D eigenvalue weighted by atomic mass is 127. The summed E-state index contributed by atoms with van der Waals surface area (Å²) in [5, 5.41) is 12.2. The van der Waals surface area contributed by atoms with Gasteiger partial charge in [0.1, 0.15) is 11.6 Å². The lowest BCUT2D eigenvalue weighted by molar-refractivity contribution is 0.102. The van der Waals surface area contributed by atoms with Crippen molar-refractivity contribution in [1.29, 1.82) is 0 Å². The number of rotatable bonds is 2. The lowest BCUT2D eigenvalue weighted by Gasteiger charge is -2.08. The van der Waals surface area contributed by atoms with Crippen LogP contribution in [0.25, 0.3) is 0 Å². The Balaban J connectivity index is 2.25. The normalized spacial score (nSPS) is 10.3. The molecule has 0 radical (unpaired) electrons. The number of nitrogens with one attached hydrogen (secondary N) is 1. The van der Waals surface area contributed by atoms with Gasteiger partial charge in [0.2, 0.25) is 0 Å². The van der Waals surface area contributed by atoms with E-state index in [1.807, 2.05) is 22.6 Å². The zero-order valence-corrected chi connectivity index (χ0v) is 12.2. The number of anilines is 1. The molecule has 0 spiro atoms. The highest BCUT2D eigenvalue weighted by molar-refractivity contribution is 14.1. The molecule has 2 rings (SSSR count). The number of phenolic OH excluding ortho intramolecular Hbond substituents is 1. The standard InChI is InChI=1S/C14H11FINO2/c1-8-2-4-10(7-12(8)15)17-14(19)11-6-9(16)3-5-13(11)18/h2-7,18H,1H3,(H,17,19). The molecule has 0 aliphatic rings. The van der Waals surface area contributed by atoms with E-state index in [9.17, 15) is 14.3 Å². The number of carbonyl (C=O) groups excluding carboxylic acids is 1. The Morgan fingerprint density at radius 3 is 2.68 bits per heavy atom. The van der Waals surface area contributed by atoms with Gasteiger partial charge in [-0.05, 0) is 65.4 Å². The molecule has 0 heterocycles. The van der Waals surface area contributed by atoms with Gasteiger partial charge in [0.15, 0.2) is 0 Å². The maximum absolute atomic E-state index is 13.4. The van der Waals surface area contributed by atoms with Gasteiger partial charge in [0.05, 0.1) is 5.56 Å². The molecule has 0 saturated carbocycles. The molecule has 1 amide bonds. The van der Waals surface area contributed by atoms with E-state index in [-0.39, 0.29) is 17.1 Å². The lowest BCUT2D eigenvalue weighted by Crippen LogP contribution is -2.12. The van der Waals surface area contributed by atoms with Crippen LogP contribution in [-0.4, -0.2) is 11.0 Å². The SMILES string of the molecule is Cc1ccc(NC(=O)c2cc(I)ccc2O)cc1F. The fourth-order valence-electron chi connectivity index (χ4n) is 1.56. The Morgan fingerprint density at radius 2 is 2.00 bits per heavy atom. The third-order valence-electron chi connectivity index (χ3n) is 2.63. The quantitative estimate of drug-likeness (QED) is 0.792. The Labute approximate surface area is 123 Å². The van der Waals surface area contributed by atoms with Crippen LogP contribution in [0.3, 0.4) is 0 Å². The maximum Gasteiger partial charge on any atom is 0.259 e. The highest BCUT2D eigenvalue weighted by Crippen LogP contribution is 2.21. The molecule has 5 heteroatoms. The number of hydrogen-bond acceptors (Lipinski definition) is 2. The largest absolute Gasteiger partial charge is 0.507 e. The van der Waals surface area contributed by atoms with Gasteiger partial charge in [-0.15, -0.1) is 0 Å². The monoisotopic (exact) mass is 371 g/mol. The zero-order chi connectivity index (χ0) is 14.0. The summed E-state index contributed by atoms with van der Waals surface area (Å²) < 4.78 is 14.2. The summed E-state index contributed by atoms with van der Waals surface area (Å²) in [6.07, 6.45) is 0. The third kappa shape index (κ3) is 3.23. The fourth-order valence-corrected chi connectivity index (χ4v) is 2.05. The average Bonchev–Trinajstić information content (AvgIpc) is 2.36. The molecular formula is C14H11FINO2. The first-order valence-corrected chi connectivity index (χ1v) is 6.61. The van der Waals surface area contributed by atoms with Crippen molar-refractivity contribution in [2.75, 3.05) is 5.32 Å². The molecule has 0 fully saturated rings. The number of amides is 1. The first-order chi connectivity index (χ1) is 8.97. The molecule has 0 atom stereocenters. The van der Waals surface area contributed by atoms with E-state index in [1.165, 1.54) is 12.1 Å². The molecule has 0 aliphatic heterocycles. The Bertz CT molecular complexity index is 643. The summed E-state index contributed by atoms with van der Waals surface area (Å²) in [6, 6.07) is 9.15. The van der Waals surface area contributed by atoms with Crippen LogP contribution in [0.5, 0.6) is 5.75 Å². The second kappa shape index (κ2) is 5.56. The van der Waals surface area contributed by atoms with Crippen molar-refractivity contribution in [3.8, 4) is 5.75 Å². The molecule has 0 unspecified atom stereocenters. The Morgan fingerprint density at radius 1 is 1.26 bits per heavy atom. The van der Waals surface area contributed by atoms with E-state index >= 15 is 0 Å². The van der Waals surface area contributed by atoms with Crippen LogP contribution in [0.15, 0.2) is 36.4 Å². The van der Waals surface area contributed by atoms with Crippen LogP contribution in [0.4, 0.5) is 10.1 Å². The number of carbonyl (C=O) groups is 1. The molecule has 3 nitrogen and oxygen atoms in total. The minimum absolute atomic E-state index is 0.106. The number of aryl methyl sites for hydroxylation is 1. The number of phenols is 1. The van der Waals surface area contributed by atoms with E-state index in [4.69, 9.17) is 0 Å². The second-order valence-corrected chi connectivity index (χ2v) is 5.33. The summed E-state index contributed by atoms with van der Waals surface area (Å²) in [6.45, 7) is 1.65. The third-order valence-corrected chi connectivity index (χ3v) is 3.30. The second-order valence-electron chi connectivity index (χ2n) is 4.08. The van der Waals surface area contributed by atoms with Crippen molar-refractivity contribution in [2.45, 2.75) is 6.92 Å². The maximum atomic E-state index is 13.4. The highest BCUT2D eigenvalue weighted by Gasteiger charge is 2.12. The van der Waals surface area contributed by atoms with E-state index in [0.717, 1.165) is 3.57 Å². The number of hydrogen-bond donors (Lipinski definition) is 2. The molecule has 0 aromatic heterocycles.